The summed E-state index contributed by atoms with van der Waals surface area (Å²) in [4.78, 5) is 13.5. The van der Waals surface area contributed by atoms with E-state index >= 15 is 0 Å². The van der Waals surface area contributed by atoms with Crippen molar-refractivity contribution in [2.75, 3.05) is 0 Å². The van der Waals surface area contributed by atoms with E-state index in [2.05, 4.69) is 25.3 Å². The molecular weight excluding hydrogens is 200 g/mol. The van der Waals surface area contributed by atoms with Gasteiger partial charge in [-0.05, 0) is 25.3 Å². The van der Waals surface area contributed by atoms with Crippen molar-refractivity contribution in [1.82, 2.24) is 0 Å². The summed E-state index contributed by atoms with van der Waals surface area (Å²) in [7, 11) is 0. The molecule has 72 valence electrons. The molecule has 1 unspecified atom stereocenters. The zero-order valence-corrected chi connectivity index (χ0v) is 9.80. The third kappa shape index (κ3) is 3.53. The Morgan fingerprint density at radius 2 is 2.38 bits per heavy atom. The van der Waals surface area contributed by atoms with Crippen LogP contribution in [-0.2, 0) is 4.79 Å². The molecule has 0 aromatic carbocycles. The minimum Gasteiger partial charge on any atom is -0.300 e. The number of ketones is 1. The maximum absolute atomic E-state index is 10.9. The molecule has 0 N–H and O–H groups in total. The normalized spacial score (nSPS) is 12.8. The predicted octanol–water partition coefficient (Wildman–Crippen LogP) is 3.52. The Morgan fingerprint density at radius 1 is 1.69 bits per heavy atom. The van der Waals surface area contributed by atoms with E-state index in [1.165, 1.54) is 9.77 Å². The maximum Gasteiger partial charge on any atom is 0.130 e. The van der Waals surface area contributed by atoms with Gasteiger partial charge in [0, 0.05) is 21.4 Å². The number of hydrogen-bond acceptors (Lipinski definition) is 3. The van der Waals surface area contributed by atoms with E-state index in [-0.39, 0.29) is 5.78 Å². The lowest BCUT2D eigenvalue weighted by Crippen LogP contribution is -2.02. The fourth-order valence-corrected chi connectivity index (χ4v) is 3.19. The van der Waals surface area contributed by atoms with Gasteiger partial charge in [-0.15, -0.1) is 23.1 Å². The highest BCUT2D eigenvalue weighted by Gasteiger charge is 2.09. The molecular formula is C10H14OS2. The molecule has 0 spiro atoms. The number of hydrogen-bond donors (Lipinski definition) is 0. The summed E-state index contributed by atoms with van der Waals surface area (Å²) in [5.41, 5.74) is 0. The second-order valence-electron chi connectivity index (χ2n) is 3.18. The molecule has 1 atom stereocenters. The van der Waals surface area contributed by atoms with Gasteiger partial charge in [-0.2, -0.15) is 0 Å². The molecule has 0 amide bonds. The van der Waals surface area contributed by atoms with E-state index in [0.29, 0.717) is 11.7 Å². The Hall–Kier alpha value is -0.280. The molecule has 3 heteroatoms. The summed E-state index contributed by atoms with van der Waals surface area (Å²) in [6, 6.07) is 2.13. The number of rotatable bonds is 4. The highest BCUT2D eigenvalue weighted by atomic mass is 32.2. The van der Waals surface area contributed by atoms with Crippen molar-refractivity contribution >= 4 is 28.9 Å². The Morgan fingerprint density at radius 3 is 2.85 bits per heavy atom. The molecule has 0 saturated carbocycles. The molecule has 1 aromatic rings. The van der Waals surface area contributed by atoms with Gasteiger partial charge in [0.1, 0.15) is 5.78 Å². The van der Waals surface area contributed by atoms with Crippen LogP contribution in [0.1, 0.15) is 25.1 Å². The first-order chi connectivity index (χ1) is 6.09. The van der Waals surface area contributed by atoms with Crippen LogP contribution in [0.4, 0.5) is 0 Å². The zero-order valence-electron chi connectivity index (χ0n) is 8.16. The first-order valence-electron chi connectivity index (χ1n) is 4.29. The summed E-state index contributed by atoms with van der Waals surface area (Å²) < 4.78 is 0. The smallest absolute Gasteiger partial charge is 0.130 e. The quantitative estimate of drug-likeness (QED) is 0.713. The number of thiophene rings is 1. The lowest BCUT2D eigenvalue weighted by molar-refractivity contribution is -0.116. The van der Waals surface area contributed by atoms with E-state index in [1.54, 1.807) is 30.0 Å². The third-order valence-corrected chi connectivity index (χ3v) is 3.95. The first-order valence-corrected chi connectivity index (χ1v) is 6.05. The molecule has 13 heavy (non-hydrogen) atoms. The van der Waals surface area contributed by atoms with E-state index < -0.39 is 0 Å². The van der Waals surface area contributed by atoms with Crippen LogP contribution in [0.25, 0.3) is 0 Å². The van der Waals surface area contributed by atoms with Crippen LogP contribution in [0.5, 0.6) is 0 Å². The van der Waals surface area contributed by atoms with Gasteiger partial charge in [0.2, 0.25) is 0 Å². The van der Waals surface area contributed by atoms with Crippen molar-refractivity contribution in [1.29, 1.82) is 0 Å². The van der Waals surface area contributed by atoms with Crippen molar-refractivity contribution in [3.63, 3.8) is 0 Å². The Labute approximate surface area is 87.5 Å². The molecule has 1 aromatic heterocycles. The zero-order chi connectivity index (χ0) is 9.84. The number of carbonyl (C=O) groups excluding carboxylic acids is 1. The molecule has 0 saturated heterocycles. The molecule has 1 rings (SSSR count). The van der Waals surface area contributed by atoms with Crippen molar-refractivity contribution in [2.24, 2.45) is 0 Å². The van der Waals surface area contributed by atoms with E-state index in [1.807, 2.05) is 0 Å². The van der Waals surface area contributed by atoms with Gasteiger partial charge < -0.3 is 0 Å². The second kappa shape index (κ2) is 4.82. The minimum atomic E-state index is 0.271. The van der Waals surface area contributed by atoms with Crippen LogP contribution in [0.15, 0.2) is 16.3 Å². The fourth-order valence-electron chi connectivity index (χ4n) is 1.16. The summed E-state index contributed by atoms with van der Waals surface area (Å²) in [6.45, 7) is 5.87. The van der Waals surface area contributed by atoms with Gasteiger partial charge in [-0.25, -0.2) is 0 Å². The van der Waals surface area contributed by atoms with Crippen LogP contribution >= 0.6 is 23.1 Å². The van der Waals surface area contributed by atoms with Crippen LogP contribution in [0.2, 0.25) is 0 Å². The van der Waals surface area contributed by atoms with Gasteiger partial charge in [0.05, 0.1) is 0 Å². The summed E-state index contributed by atoms with van der Waals surface area (Å²) in [6.07, 6.45) is 0.667. The lowest BCUT2D eigenvalue weighted by atomic mass is 10.2. The molecule has 0 radical (unpaired) electrons. The molecule has 1 nitrogen and oxygen atoms in total. The number of aryl methyl sites for hydroxylation is 1. The average Bonchev–Trinajstić information content (AvgIpc) is 2.34. The van der Waals surface area contributed by atoms with Crippen molar-refractivity contribution in [3.05, 3.63) is 16.3 Å². The van der Waals surface area contributed by atoms with E-state index in [0.717, 1.165) is 0 Å². The summed E-state index contributed by atoms with van der Waals surface area (Å²) in [5, 5.41) is 2.49. The van der Waals surface area contributed by atoms with Crippen molar-refractivity contribution < 1.29 is 4.79 Å². The number of carbonyl (C=O) groups is 1. The summed E-state index contributed by atoms with van der Waals surface area (Å²) >= 11 is 3.55. The average molecular weight is 214 g/mol. The van der Waals surface area contributed by atoms with Gasteiger partial charge >= 0.3 is 0 Å². The van der Waals surface area contributed by atoms with Gasteiger partial charge in [0.15, 0.2) is 0 Å². The maximum atomic E-state index is 10.9. The van der Waals surface area contributed by atoms with Gasteiger partial charge in [-0.1, -0.05) is 6.92 Å². The molecule has 0 aliphatic rings. The third-order valence-electron chi connectivity index (χ3n) is 1.71. The fraction of sp³-hybridized carbons (Fsp3) is 0.500. The van der Waals surface area contributed by atoms with Crippen molar-refractivity contribution in [2.45, 2.75) is 37.3 Å². The molecule has 0 aliphatic carbocycles. The first kappa shape index (κ1) is 10.8. The van der Waals surface area contributed by atoms with Crippen LogP contribution < -0.4 is 0 Å². The topological polar surface area (TPSA) is 17.1 Å². The lowest BCUT2D eigenvalue weighted by Gasteiger charge is -2.07. The minimum absolute atomic E-state index is 0.271. The molecule has 0 fully saturated rings. The standard InChI is InChI=1S/C10H14OS2/c1-7(11)6-8(2)13-10-4-5-12-9(10)3/h4-5,8H,6H2,1-3H3. The second-order valence-corrected chi connectivity index (χ2v) is 5.78. The van der Waals surface area contributed by atoms with Gasteiger partial charge in [0.25, 0.3) is 0 Å². The molecule has 0 bridgehead atoms. The predicted molar refractivity (Wildman–Crippen MR) is 59.7 cm³/mol. The van der Waals surface area contributed by atoms with E-state index in [9.17, 15) is 4.79 Å². The van der Waals surface area contributed by atoms with Crippen LogP contribution in [0, 0.1) is 6.92 Å². The Kier molecular flexibility index (Phi) is 4.00. The summed E-state index contributed by atoms with van der Waals surface area (Å²) in [5.74, 6) is 0.271. The van der Waals surface area contributed by atoms with Crippen LogP contribution in [0.3, 0.4) is 0 Å². The van der Waals surface area contributed by atoms with Crippen molar-refractivity contribution in [3.8, 4) is 0 Å². The highest BCUT2D eigenvalue weighted by Crippen LogP contribution is 2.31. The largest absolute Gasteiger partial charge is 0.300 e. The SMILES string of the molecule is CC(=O)CC(C)Sc1ccsc1C. The Bertz CT molecular complexity index is 291. The number of thioether (sulfide) groups is 1. The Balaban J connectivity index is 2.49. The van der Waals surface area contributed by atoms with Gasteiger partial charge in [-0.3, -0.25) is 4.79 Å². The van der Waals surface area contributed by atoms with Crippen LogP contribution in [-0.4, -0.2) is 11.0 Å². The molecule has 1 heterocycles. The monoisotopic (exact) mass is 214 g/mol. The van der Waals surface area contributed by atoms with E-state index in [4.69, 9.17) is 0 Å². The molecule has 0 aliphatic heterocycles. The number of Topliss-reactive ketones (excluding diaryl/α,β-unsaturated/α-hetero) is 1. The highest BCUT2D eigenvalue weighted by molar-refractivity contribution is 8.00.